The molecule has 0 radical (unpaired) electrons. The Bertz CT molecular complexity index is 589. The summed E-state index contributed by atoms with van der Waals surface area (Å²) < 4.78 is 19.8. The summed E-state index contributed by atoms with van der Waals surface area (Å²) in [6, 6.07) is 4.75. The maximum Gasteiger partial charge on any atom is 0.166 e. The molecule has 0 saturated carbocycles. The second-order valence-corrected chi connectivity index (χ2v) is 6.98. The van der Waals surface area contributed by atoms with Crippen molar-refractivity contribution in [1.29, 1.82) is 0 Å². The molecule has 0 spiro atoms. The zero-order valence-electron chi connectivity index (χ0n) is 12.0. The summed E-state index contributed by atoms with van der Waals surface area (Å²) in [6.07, 6.45) is 0. The van der Waals surface area contributed by atoms with E-state index in [1.54, 1.807) is 23.5 Å². The van der Waals surface area contributed by atoms with Gasteiger partial charge in [0.2, 0.25) is 0 Å². The monoisotopic (exact) mass is 372 g/mol. The fourth-order valence-electron chi connectivity index (χ4n) is 1.71. The molecule has 0 unspecified atom stereocenters. The molecule has 0 bridgehead atoms. The largest absolute Gasteiger partial charge is 0.484 e. The lowest BCUT2D eigenvalue weighted by Crippen LogP contribution is -2.18. The molecule has 0 aliphatic heterocycles. The molecule has 2 rings (SSSR count). The van der Waals surface area contributed by atoms with Crippen LogP contribution in [0.15, 0.2) is 28.1 Å². The highest BCUT2D eigenvalue weighted by Gasteiger charge is 2.07. The molecule has 6 heteroatoms. The van der Waals surface area contributed by atoms with Crippen molar-refractivity contribution >= 4 is 27.3 Å². The van der Waals surface area contributed by atoms with Gasteiger partial charge in [-0.15, -0.1) is 11.3 Å². The van der Waals surface area contributed by atoms with E-state index in [1.807, 2.05) is 5.38 Å². The van der Waals surface area contributed by atoms with Crippen LogP contribution in [-0.4, -0.2) is 11.5 Å². The van der Waals surface area contributed by atoms with Crippen molar-refractivity contribution in [3.63, 3.8) is 0 Å². The van der Waals surface area contributed by atoms with Crippen LogP contribution in [0, 0.1) is 11.7 Å². The van der Waals surface area contributed by atoms with E-state index in [-0.39, 0.29) is 18.2 Å². The smallest absolute Gasteiger partial charge is 0.166 e. The van der Waals surface area contributed by atoms with Gasteiger partial charge in [-0.3, -0.25) is 0 Å². The van der Waals surface area contributed by atoms with Crippen molar-refractivity contribution in [2.24, 2.45) is 5.92 Å². The van der Waals surface area contributed by atoms with Crippen LogP contribution in [0.1, 0.15) is 24.5 Å². The Hall–Kier alpha value is -0.980. The van der Waals surface area contributed by atoms with Crippen molar-refractivity contribution < 1.29 is 9.13 Å². The molecule has 0 amide bonds. The predicted octanol–water partition coefficient (Wildman–Crippen LogP) is 4.37. The quantitative estimate of drug-likeness (QED) is 0.783. The minimum absolute atomic E-state index is 0.241. The highest BCUT2D eigenvalue weighted by Crippen LogP contribution is 2.22. The average Bonchev–Trinajstić information content (AvgIpc) is 2.85. The van der Waals surface area contributed by atoms with E-state index in [2.05, 4.69) is 40.1 Å². The van der Waals surface area contributed by atoms with Crippen LogP contribution >= 0.6 is 27.3 Å². The molecule has 0 atom stereocenters. The summed E-state index contributed by atoms with van der Waals surface area (Å²) in [5, 5.41) is 6.31. The van der Waals surface area contributed by atoms with Crippen LogP contribution in [-0.2, 0) is 13.2 Å². The number of nitrogens with zero attached hydrogens (tertiary/aromatic N) is 1. The summed E-state index contributed by atoms with van der Waals surface area (Å²) >= 11 is 4.80. The Balaban J connectivity index is 1.85. The average molecular weight is 373 g/mol. The summed E-state index contributed by atoms with van der Waals surface area (Å²) in [4.78, 5) is 4.47. The van der Waals surface area contributed by atoms with Crippen molar-refractivity contribution in [1.82, 2.24) is 10.3 Å². The summed E-state index contributed by atoms with van der Waals surface area (Å²) in [6.45, 7) is 6.34. The fraction of sp³-hybridized carbons (Fsp3) is 0.400. The van der Waals surface area contributed by atoms with Crippen LogP contribution in [0.4, 0.5) is 4.39 Å². The first-order valence-electron chi connectivity index (χ1n) is 6.76. The first-order valence-corrected chi connectivity index (χ1v) is 8.43. The molecule has 3 nitrogen and oxygen atoms in total. The molecule has 1 aromatic heterocycles. The van der Waals surface area contributed by atoms with Gasteiger partial charge in [-0.25, -0.2) is 9.37 Å². The van der Waals surface area contributed by atoms with Crippen LogP contribution in [0.25, 0.3) is 0 Å². The van der Waals surface area contributed by atoms with Gasteiger partial charge < -0.3 is 10.1 Å². The molecular formula is C15H18BrFN2OS. The van der Waals surface area contributed by atoms with Crippen molar-refractivity contribution in [3.05, 3.63) is 44.6 Å². The molecule has 1 heterocycles. The second kappa shape index (κ2) is 7.87. The molecule has 0 saturated heterocycles. The number of hydrogen-bond acceptors (Lipinski definition) is 4. The van der Waals surface area contributed by atoms with Gasteiger partial charge in [0.05, 0.1) is 5.69 Å². The van der Waals surface area contributed by atoms with Crippen LogP contribution in [0.2, 0.25) is 0 Å². The Morgan fingerprint density at radius 3 is 2.95 bits per heavy atom. The third-order valence-electron chi connectivity index (χ3n) is 2.70. The minimum Gasteiger partial charge on any atom is -0.484 e. The van der Waals surface area contributed by atoms with Gasteiger partial charge in [-0.1, -0.05) is 29.8 Å². The summed E-state index contributed by atoms with van der Waals surface area (Å²) in [7, 11) is 0. The Kier molecular flexibility index (Phi) is 6.14. The number of nitrogens with one attached hydrogen (secondary N) is 1. The fourth-order valence-corrected chi connectivity index (χ4v) is 2.79. The Morgan fingerprint density at radius 2 is 2.24 bits per heavy atom. The number of benzene rings is 1. The van der Waals surface area contributed by atoms with E-state index in [9.17, 15) is 4.39 Å². The Morgan fingerprint density at radius 1 is 1.43 bits per heavy atom. The maximum atomic E-state index is 13.6. The van der Waals surface area contributed by atoms with Gasteiger partial charge in [0.1, 0.15) is 11.6 Å². The molecule has 1 N–H and O–H groups in total. The third-order valence-corrected chi connectivity index (χ3v) is 4.09. The van der Waals surface area contributed by atoms with Gasteiger partial charge in [0.25, 0.3) is 0 Å². The van der Waals surface area contributed by atoms with E-state index in [0.717, 1.165) is 23.8 Å². The van der Waals surface area contributed by atoms with Crippen molar-refractivity contribution in [2.75, 3.05) is 6.54 Å². The standard InChI is InChI=1S/C15H18BrFN2OS/c1-10(2)6-18-7-15-19-12(9-21-15)8-20-14-4-3-11(16)5-13(14)17/h3-5,9-10,18H,6-8H2,1-2H3. The molecular weight excluding hydrogens is 355 g/mol. The first-order chi connectivity index (χ1) is 10.0. The van der Waals surface area contributed by atoms with E-state index in [4.69, 9.17) is 4.74 Å². The zero-order chi connectivity index (χ0) is 15.2. The summed E-state index contributed by atoms with van der Waals surface area (Å²) in [5.74, 6) is 0.484. The van der Waals surface area contributed by atoms with Crippen molar-refractivity contribution in [2.45, 2.75) is 27.0 Å². The molecule has 0 aliphatic rings. The van der Waals surface area contributed by atoms with Gasteiger partial charge in [-0.2, -0.15) is 0 Å². The summed E-state index contributed by atoms with van der Waals surface area (Å²) in [5.41, 5.74) is 0.823. The van der Waals surface area contributed by atoms with E-state index in [1.165, 1.54) is 6.07 Å². The van der Waals surface area contributed by atoms with Gasteiger partial charge in [-0.05, 0) is 30.7 Å². The van der Waals surface area contributed by atoms with E-state index >= 15 is 0 Å². The minimum atomic E-state index is -0.376. The van der Waals surface area contributed by atoms with Gasteiger partial charge in [0, 0.05) is 16.4 Å². The highest BCUT2D eigenvalue weighted by molar-refractivity contribution is 9.10. The molecule has 1 aromatic carbocycles. The molecule has 0 aliphatic carbocycles. The molecule has 2 aromatic rings. The predicted molar refractivity (Wildman–Crippen MR) is 87.1 cm³/mol. The third kappa shape index (κ3) is 5.37. The lowest BCUT2D eigenvalue weighted by atomic mass is 10.2. The number of rotatable bonds is 7. The zero-order valence-corrected chi connectivity index (χ0v) is 14.4. The lowest BCUT2D eigenvalue weighted by Gasteiger charge is -2.06. The number of thiazole rings is 1. The SMILES string of the molecule is CC(C)CNCc1nc(COc2ccc(Br)cc2F)cs1. The highest BCUT2D eigenvalue weighted by atomic mass is 79.9. The van der Waals surface area contributed by atoms with Gasteiger partial charge >= 0.3 is 0 Å². The number of aromatic nitrogens is 1. The first kappa shape index (κ1) is 16.4. The number of hydrogen-bond donors (Lipinski definition) is 1. The molecule has 114 valence electrons. The maximum absolute atomic E-state index is 13.6. The van der Waals surface area contributed by atoms with E-state index in [0.29, 0.717) is 10.4 Å². The lowest BCUT2D eigenvalue weighted by molar-refractivity contribution is 0.286. The normalized spacial score (nSPS) is 11.1. The number of halogens is 2. The van der Waals surface area contributed by atoms with Crippen molar-refractivity contribution in [3.8, 4) is 5.75 Å². The Labute approximate surface area is 136 Å². The molecule has 0 fully saturated rings. The van der Waals surface area contributed by atoms with Crippen LogP contribution in [0.3, 0.4) is 0 Å². The molecule has 21 heavy (non-hydrogen) atoms. The second-order valence-electron chi connectivity index (χ2n) is 5.12. The van der Waals surface area contributed by atoms with Crippen LogP contribution < -0.4 is 10.1 Å². The van der Waals surface area contributed by atoms with E-state index < -0.39 is 0 Å². The van der Waals surface area contributed by atoms with Crippen LogP contribution in [0.5, 0.6) is 5.75 Å². The topological polar surface area (TPSA) is 34.2 Å². The van der Waals surface area contributed by atoms with Gasteiger partial charge in [0.15, 0.2) is 11.6 Å². The number of ether oxygens (including phenoxy) is 1.